The predicted octanol–water partition coefficient (Wildman–Crippen LogP) is 3.14. The van der Waals surface area contributed by atoms with Crippen molar-refractivity contribution in [2.75, 3.05) is 5.73 Å². The van der Waals surface area contributed by atoms with Crippen LogP contribution in [0.25, 0.3) is 22.3 Å². The van der Waals surface area contributed by atoms with Crippen molar-refractivity contribution in [1.29, 1.82) is 0 Å². The summed E-state index contributed by atoms with van der Waals surface area (Å²) in [7, 11) is 0. The first-order valence-electron chi connectivity index (χ1n) is 6.67. The molecule has 3 aromatic rings. The van der Waals surface area contributed by atoms with E-state index in [1.807, 2.05) is 43.3 Å². The fourth-order valence-corrected chi connectivity index (χ4v) is 2.31. The number of fused-ring (bicyclic) bond motifs is 1. The highest BCUT2D eigenvalue weighted by molar-refractivity contribution is 5.93. The number of pyridine rings is 1. The minimum Gasteiger partial charge on any atom is -0.384 e. The van der Waals surface area contributed by atoms with Crippen molar-refractivity contribution in [1.82, 2.24) is 15.0 Å². The average Bonchev–Trinajstić information content (AvgIpc) is 2.45. The van der Waals surface area contributed by atoms with E-state index >= 15 is 0 Å². The zero-order chi connectivity index (χ0) is 14.1. The fraction of sp³-hybridized carbons (Fsp3) is 0.188. The summed E-state index contributed by atoms with van der Waals surface area (Å²) in [4.78, 5) is 13.5. The highest BCUT2D eigenvalue weighted by Crippen LogP contribution is 2.26. The quantitative estimate of drug-likeness (QED) is 0.772. The summed E-state index contributed by atoms with van der Waals surface area (Å²) >= 11 is 0. The van der Waals surface area contributed by atoms with Crippen LogP contribution in [0.3, 0.4) is 0 Å². The molecule has 0 bridgehead atoms. The van der Waals surface area contributed by atoms with E-state index in [0.717, 1.165) is 34.3 Å². The molecule has 20 heavy (non-hydrogen) atoms. The summed E-state index contributed by atoms with van der Waals surface area (Å²) in [6.07, 6.45) is 0.835. The van der Waals surface area contributed by atoms with Crippen molar-refractivity contribution in [3.05, 3.63) is 47.8 Å². The molecule has 0 fully saturated rings. The number of para-hydroxylation sites is 1. The molecule has 4 nitrogen and oxygen atoms in total. The molecule has 0 amide bonds. The lowest BCUT2D eigenvalue weighted by atomic mass is 10.1. The molecule has 0 saturated carbocycles. The first-order valence-corrected chi connectivity index (χ1v) is 6.67. The molecule has 100 valence electrons. The van der Waals surface area contributed by atoms with Crippen LogP contribution in [0.4, 0.5) is 5.82 Å². The summed E-state index contributed by atoms with van der Waals surface area (Å²) < 4.78 is 0. The van der Waals surface area contributed by atoms with E-state index in [0.29, 0.717) is 11.6 Å². The number of aryl methyl sites for hydroxylation is 2. The van der Waals surface area contributed by atoms with E-state index in [4.69, 9.17) is 5.73 Å². The highest BCUT2D eigenvalue weighted by atomic mass is 14.9. The van der Waals surface area contributed by atoms with Crippen molar-refractivity contribution in [3.8, 4) is 11.4 Å². The molecule has 2 heterocycles. The van der Waals surface area contributed by atoms with E-state index in [1.165, 1.54) is 0 Å². The molecule has 2 N–H and O–H groups in total. The topological polar surface area (TPSA) is 64.7 Å². The predicted molar refractivity (Wildman–Crippen MR) is 81.3 cm³/mol. The Labute approximate surface area is 117 Å². The van der Waals surface area contributed by atoms with Crippen molar-refractivity contribution >= 4 is 16.7 Å². The normalized spacial score (nSPS) is 10.9. The average molecular weight is 264 g/mol. The number of nitrogen functional groups attached to an aromatic ring is 1. The lowest BCUT2D eigenvalue weighted by molar-refractivity contribution is 1.01. The minimum absolute atomic E-state index is 0.505. The number of nitrogens with zero attached hydrogens (tertiary/aromatic N) is 3. The Morgan fingerprint density at radius 2 is 1.85 bits per heavy atom. The van der Waals surface area contributed by atoms with E-state index in [2.05, 4.69) is 21.9 Å². The second-order valence-electron chi connectivity index (χ2n) is 4.79. The molecular weight excluding hydrogens is 248 g/mol. The van der Waals surface area contributed by atoms with Gasteiger partial charge in [0, 0.05) is 28.4 Å². The largest absolute Gasteiger partial charge is 0.384 e. The van der Waals surface area contributed by atoms with Gasteiger partial charge in [0.1, 0.15) is 5.82 Å². The summed E-state index contributed by atoms with van der Waals surface area (Å²) in [6, 6.07) is 11.8. The van der Waals surface area contributed by atoms with Crippen LogP contribution < -0.4 is 5.73 Å². The molecule has 2 aromatic heterocycles. The van der Waals surface area contributed by atoms with Crippen LogP contribution in [-0.2, 0) is 6.42 Å². The minimum atomic E-state index is 0.505. The summed E-state index contributed by atoms with van der Waals surface area (Å²) in [5.74, 6) is 1.17. The van der Waals surface area contributed by atoms with Crippen molar-refractivity contribution in [3.63, 3.8) is 0 Å². The Kier molecular flexibility index (Phi) is 3.06. The maximum atomic E-state index is 5.89. The lowest BCUT2D eigenvalue weighted by Crippen LogP contribution is -2.00. The van der Waals surface area contributed by atoms with E-state index in [-0.39, 0.29) is 0 Å². The fourth-order valence-electron chi connectivity index (χ4n) is 2.31. The van der Waals surface area contributed by atoms with Gasteiger partial charge in [0.15, 0.2) is 5.82 Å². The Morgan fingerprint density at radius 1 is 1.05 bits per heavy atom. The third-order valence-corrected chi connectivity index (χ3v) is 3.25. The maximum absolute atomic E-state index is 5.89. The number of nitrogens with two attached hydrogens (primary N) is 1. The molecule has 3 rings (SSSR count). The number of hydrogen-bond acceptors (Lipinski definition) is 4. The first kappa shape index (κ1) is 12.5. The van der Waals surface area contributed by atoms with Gasteiger partial charge < -0.3 is 5.73 Å². The van der Waals surface area contributed by atoms with Crippen LogP contribution in [0.1, 0.15) is 18.3 Å². The molecular formula is C16H16N4. The Balaban J connectivity index is 2.31. The monoisotopic (exact) mass is 264 g/mol. The summed E-state index contributed by atoms with van der Waals surface area (Å²) in [5.41, 5.74) is 9.72. The van der Waals surface area contributed by atoms with Crippen molar-refractivity contribution in [2.45, 2.75) is 20.3 Å². The van der Waals surface area contributed by atoms with Crippen LogP contribution in [-0.4, -0.2) is 15.0 Å². The zero-order valence-corrected chi connectivity index (χ0v) is 11.6. The summed E-state index contributed by atoms with van der Waals surface area (Å²) in [5, 5.41) is 1.05. The van der Waals surface area contributed by atoms with Gasteiger partial charge in [0.2, 0.25) is 0 Å². The third kappa shape index (κ3) is 2.20. The molecule has 0 spiro atoms. The van der Waals surface area contributed by atoms with Crippen LogP contribution in [0.2, 0.25) is 0 Å². The number of rotatable bonds is 2. The molecule has 0 radical (unpaired) electrons. The molecule has 1 aromatic carbocycles. The molecule has 0 aliphatic rings. The van der Waals surface area contributed by atoms with Crippen LogP contribution in [0.15, 0.2) is 36.4 Å². The van der Waals surface area contributed by atoms with Gasteiger partial charge in [0.05, 0.1) is 5.52 Å². The maximum Gasteiger partial charge on any atom is 0.162 e. The lowest BCUT2D eigenvalue weighted by Gasteiger charge is -2.08. The second-order valence-corrected chi connectivity index (χ2v) is 4.79. The molecule has 0 aliphatic carbocycles. The number of anilines is 1. The van der Waals surface area contributed by atoms with Crippen molar-refractivity contribution < 1.29 is 0 Å². The molecule has 0 saturated heterocycles. The number of hydrogen-bond donors (Lipinski definition) is 1. The number of benzene rings is 1. The van der Waals surface area contributed by atoms with Gasteiger partial charge in [-0.2, -0.15) is 0 Å². The molecule has 0 atom stereocenters. The molecule has 0 unspecified atom stereocenters. The Bertz CT molecular complexity index is 781. The van der Waals surface area contributed by atoms with Crippen molar-refractivity contribution in [2.24, 2.45) is 0 Å². The zero-order valence-electron chi connectivity index (χ0n) is 11.6. The third-order valence-electron chi connectivity index (χ3n) is 3.25. The van der Waals surface area contributed by atoms with Gasteiger partial charge in [-0.15, -0.1) is 0 Å². The SMILES string of the molecule is CCc1cc(N)nc(-c2cc(C)nc3ccccc23)n1. The molecule has 4 heteroatoms. The van der Waals surface area contributed by atoms with Crippen LogP contribution in [0, 0.1) is 6.92 Å². The second kappa shape index (κ2) is 4.89. The van der Waals surface area contributed by atoms with Gasteiger partial charge in [-0.1, -0.05) is 25.1 Å². The van der Waals surface area contributed by atoms with Gasteiger partial charge >= 0.3 is 0 Å². The van der Waals surface area contributed by atoms with Gasteiger partial charge in [-0.25, -0.2) is 9.97 Å². The van der Waals surface area contributed by atoms with E-state index in [9.17, 15) is 0 Å². The Morgan fingerprint density at radius 3 is 2.65 bits per heavy atom. The van der Waals surface area contributed by atoms with Gasteiger partial charge in [-0.05, 0) is 25.5 Å². The van der Waals surface area contributed by atoms with Gasteiger partial charge in [0.25, 0.3) is 0 Å². The van der Waals surface area contributed by atoms with E-state index in [1.54, 1.807) is 0 Å². The number of aromatic nitrogens is 3. The highest BCUT2D eigenvalue weighted by Gasteiger charge is 2.10. The summed E-state index contributed by atoms with van der Waals surface area (Å²) in [6.45, 7) is 4.03. The smallest absolute Gasteiger partial charge is 0.162 e. The van der Waals surface area contributed by atoms with Gasteiger partial charge in [-0.3, -0.25) is 4.98 Å². The Hall–Kier alpha value is -2.49. The van der Waals surface area contributed by atoms with Crippen LogP contribution in [0.5, 0.6) is 0 Å². The molecule has 0 aliphatic heterocycles. The van der Waals surface area contributed by atoms with E-state index < -0.39 is 0 Å². The van der Waals surface area contributed by atoms with Crippen LogP contribution >= 0.6 is 0 Å². The standard InChI is InChI=1S/C16H16N4/c1-3-11-9-15(17)20-16(19-11)13-8-10(2)18-14-7-5-4-6-12(13)14/h4-9H,3H2,1-2H3,(H2,17,19,20). The first-order chi connectivity index (χ1) is 9.67.